The Morgan fingerprint density at radius 2 is 2.08 bits per heavy atom. The van der Waals surface area contributed by atoms with Crippen LogP contribution in [0.3, 0.4) is 0 Å². The van der Waals surface area contributed by atoms with E-state index in [1.54, 1.807) is 26.2 Å². The van der Waals surface area contributed by atoms with Crippen LogP contribution in [0.1, 0.15) is 18.0 Å². The van der Waals surface area contributed by atoms with Crippen LogP contribution in [0.4, 0.5) is 4.79 Å². The number of hydrogen-bond donors (Lipinski definition) is 1. The molecule has 1 N–H and O–H groups in total. The Hall–Kier alpha value is -2.54. The Labute approximate surface area is 147 Å². The second-order valence-corrected chi connectivity index (χ2v) is 6.15. The number of ether oxygens (including phenoxy) is 2. The maximum absolute atomic E-state index is 12.9. The van der Waals surface area contributed by atoms with Crippen molar-refractivity contribution >= 4 is 11.9 Å². The number of nitrogens with one attached hydrogen (secondary N) is 1. The van der Waals surface area contributed by atoms with Gasteiger partial charge in [0.2, 0.25) is 0 Å². The topological polar surface area (TPSA) is 71.1 Å². The molecule has 2 aliphatic heterocycles. The lowest BCUT2D eigenvalue weighted by molar-refractivity contribution is -0.125. The fourth-order valence-corrected chi connectivity index (χ4v) is 3.27. The highest BCUT2D eigenvalue weighted by Crippen LogP contribution is 2.36. The van der Waals surface area contributed by atoms with E-state index < -0.39 is 6.04 Å². The monoisotopic (exact) mass is 345 g/mol. The van der Waals surface area contributed by atoms with Crippen LogP contribution in [0.5, 0.6) is 5.75 Å². The van der Waals surface area contributed by atoms with Crippen LogP contribution in [0, 0.1) is 0 Å². The van der Waals surface area contributed by atoms with Gasteiger partial charge in [0, 0.05) is 27.3 Å². The molecule has 1 atom stereocenters. The Balaban J connectivity index is 1.91. The van der Waals surface area contributed by atoms with Crippen LogP contribution in [-0.4, -0.2) is 62.7 Å². The van der Waals surface area contributed by atoms with Gasteiger partial charge in [-0.1, -0.05) is 12.1 Å². The van der Waals surface area contributed by atoms with E-state index in [0.29, 0.717) is 31.0 Å². The summed E-state index contributed by atoms with van der Waals surface area (Å²) in [5.74, 6) is 0.654. The number of rotatable bonds is 6. The average Bonchev–Trinajstić information content (AvgIpc) is 2.95. The number of methoxy groups -OCH3 is 2. The minimum absolute atomic E-state index is 0.0363. The fourth-order valence-electron chi connectivity index (χ4n) is 3.27. The number of hydrogen-bond acceptors (Lipinski definition) is 4. The number of benzene rings is 1. The summed E-state index contributed by atoms with van der Waals surface area (Å²) in [4.78, 5) is 28.6. The number of carbonyl (C=O) groups excluding carboxylic acids is 2. The molecule has 0 aliphatic carbocycles. The summed E-state index contributed by atoms with van der Waals surface area (Å²) < 4.78 is 10.3. The predicted molar refractivity (Wildman–Crippen MR) is 92.1 cm³/mol. The molecule has 1 aromatic rings. The molecule has 0 saturated heterocycles. The van der Waals surface area contributed by atoms with Gasteiger partial charge in [0.15, 0.2) is 0 Å². The van der Waals surface area contributed by atoms with Gasteiger partial charge < -0.3 is 19.7 Å². The van der Waals surface area contributed by atoms with E-state index in [1.807, 2.05) is 24.3 Å². The molecule has 7 nitrogen and oxygen atoms in total. The van der Waals surface area contributed by atoms with Crippen LogP contribution in [0.25, 0.3) is 0 Å². The van der Waals surface area contributed by atoms with E-state index in [-0.39, 0.29) is 11.9 Å². The van der Waals surface area contributed by atoms with Crippen molar-refractivity contribution < 1.29 is 19.1 Å². The molecule has 0 spiro atoms. The zero-order valence-electron chi connectivity index (χ0n) is 14.7. The van der Waals surface area contributed by atoms with Gasteiger partial charge in [-0.25, -0.2) is 4.79 Å². The maximum Gasteiger partial charge on any atom is 0.322 e. The van der Waals surface area contributed by atoms with Gasteiger partial charge in [0.25, 0.3) is 5.91 Å². The first-order chi connectivity index (χ1) is 12.1. The van der Waals surface area contributed by atoms with E-state index >= 15 is 0 Å². The quantitative estimate of drug-likeness (QED) is 0.794. The highest BCUT2D eigenvalue weighted by atomic mass is 16.5. The molecule has 0 radical (unpaired) electrons. The SMILES string of the molecule is COCCCN1CC2=C(C1=O)C(c1cccc(OC)c1)NC(=O)N2C. The molecule has 1 unspecified atom stereocenters. The van der Waals surface area contributed by atoms with Crippen LogP contribution in [0.15, 0.2) is 35.5 Å². The summed E-state index contributed by atoms with van der Waals surface area (Å²) in [6.07, 6.45) is 0.762. The summed E-state index contributed by atoms with van der Waals surface area (Å²) in [6, 6.07) is 6.76. The first-order valence-corrected chi connectivity index (χ1v) is 8.26. The molecule has 0 fully saturated rings. The number of amides is 3. The molecule has 2 aliphatic rings. The van der Waals surface area contributed by atoms with Crippen molar-refractivity contribution in [3.63, 3.8) is 0 Å². The zero-order valence-corrected chi connectivity index (χ0v) is 14.7. The van der Waals surface area contributed by atoms with Crippen molar-refractivity contribution in [1.82, 2.24) is 15.1 Å². The largest absolute Gasteiger partial charge is 0.497 e. The van der Waals surface area contributed by atoms with Gasteiger partial charge in [-0.05, 0) is 24.1 Å². The zero-order chi connectivity index (χ0) is 18.0. The lowest BCUT2D eigenvalue weighted by atomic mass is 9.95. The standard InChI is InChI=1S/C18H23N3O4/c1-20-14-11-21(8-5-9-24-2)17(22)15(14)16(19-18(20)23)12-6-4-7-13(10-12)25-3/h4,6-7,10,16H,5,8-9,11H2,1-3H3,(H,19,23). The van der Waals surface area contributed by atoms with E-state index in [2.05, 4.69) is 5.32 Å². The number of urea groups is 1. The first kappa shape index (κ1) is 17.3. The van der Waals surface area contributed by atoms with Gasteiger partial charge in [-0.15, -0.1) is 0 Å². The molecule has 7 heteroatoms. The summed E-state index contributed by atoms with van der Waals surface area (Å²) in [5, 5.41) is 2.92. The van der Waals surface area contributed by atoms with Crippen LogP contribution in [-0.2, 0) is 9.53 Å². The van der Waals surface area contributed by atoms with Crippen molar-refractivity contribution in [2.45, 2.75) is 12.5 Å². The van der Waals surface area contributed by atoms with E-state index in [9.17, 15) is 9.59 Å². The third-order valence-corrected chi connectivity index (χ3v) is 4.64. The predicted octanol–water partition coefficient (Wildman–Crippen LogP) is 1.52. The Kier molecular flexibility index (Phi) is 4.94. The Morgan fingerprint density at radius 1 is 1.28 bits per heavy atom. The molecule has 0 bridgehead atoms. The van der Waals surface area contributed by atoms with Crippen molar-refractivity contribution in [3.05, 3.63) is 41.1 Å². The maximum atomic E-state index is 12.9. The van der Waals surface area contributed by atoms with Crippen LogP contribution < -0.4 is 10.1 Å². The molecule has 3 amide bonds. The van der Waals surface area contributed by atoms with E-state index in [0.717, 1.165) is 17.7 Å². The molecule has 0 saturated carbocycles. The minimum Gasteiger partial charge on any atom is -0.497 e. The third kappa shape index (κ3) is 3.19. The molecule has 1 aromatic carbocycles. The third-order valence-electron chi connectivity index (χ3n) is 4.64. The Bertz CT molecular complexity index is 716. The van der Waals surface area contributed by atoms with Crippen molar-refractivity contribution in [2.24, 2.45) is 0 Å². The van der Waals surface area contributed by atoms with Gasteiger partial charge in [0.05, 0.1) is 31.0 Å². The molecule has 25 heavy (non-hydrogen) atoms. The average molecular weight is 345 g/mol. The first-order valence-electron chi connectivity index (χ1n) is 8.26. The highest BCUT2D eigenvalue weighted by molar-refractivity contribution is 6.01. The highest BCUT2D eigenvalue weighted by Gasteiger charge is 2.42. The molecule has 2 heterocycles. The van der Waals surface area contributed by atoms with Crippen molar-refractivity contribution in [2.75, 3.05) is 41.0 Å². The molecule has 134 valence electrons. The molecular formula is C18H23N3O4. The van der Waals surface area contributed by atoms with Crippen molar-refractivity contribution in [3.8, 4) is 5.75 Å². The van der Waals surface area contributed by atoms with Gasteiger partial charge in [-0.3, -0.25) is 9.69 Å². The number of likely N-dealkylation sites (N-methyl/N-ethyl adjacent to an activating group) is 1. The van der Waals surface area contributed by atoms with Gasteiger partial charge in [-0.2, -0.15) is 0 Å². The fraction of sp³-hybridized carbons (Fsp3) is 0.444. The summed E-state index contributed by atoms with van der Waals surface area (Å²) in [5.41, 5.74) is 2.23. The number of nitrogens with zero attached hydrogens (tertiary/aromatic N) is 2. The van der Waals surface area contributed by atoms with Gasteiger partial charge >= 0.3 is 6.03 Å². The summed E-state index contributed by atoms with van der Waals surface area (Å²) in [7, 11) is 4.93. The Morgan fingerprint density at radius 3 is 2.80 bits per heavy atom. The van der Waals surface area contributed by atoms with E-state index in [1.165, 1.54) is 4.90 Å². The number of carbonyl (C=O) groups is 2. The van der Waals surface area contributed by atoms with Gasteiger partial charge in [0.1, 0.15) is 5.75 Å². The molecule has 3 rings (SSSR count). The lowest BCUT2D eigenvalue weighted by Gasteiger charge is -2.31. The lowest BCUT2D eigenvalue weighted by Crippen LogP contribution is -2.45. The molecular weight excluding hydrogens is 322 g/mol. The second-order valence-electron chi connectivity index (χ2n) is 6.15. The summed E-state index contributed by atoms with van der Waals surface area (Å²) in [6.45, 7) is 1.65. The normalized spacial score (nSPS) is 20.0. The summed E-state index contributed by atoms with van der Waals surface area (Å²) >= 11 is 0. The van der Waals surface area contributed by atoms with Crippen molar-refractivity contribution in [1.29, 1.82) is 0 Å². The second kappa shape index (κ2) is 7.14. The van der Waals surface area contributed by atoms with Crippen LogP contribution >= 0.6 is 0 Å². The van der Waals surface area contributed by atoms with Crippen LogP contribution in [0.2, 0.25) is 0 Å². The smallest absolute Gasteiger partial charge is 0.322 e. The minimum atomic E-state index is -0.464. The molecule has 0 aromatic heterocycles. The van der Waals surface area contributed by atoms with E-state index in [4.69, 9.17) is 9.47 Å².